The number of nitrogens with zero attached hydrogens (tertiary/aromatic N) is 4. The van der Waals surface area contributed by atoms with Crippen LogP contribution in [0.2, 0.25) is 0 Å². The Balaban J connectivity index is 0.810. The van der Waals surface area contributed by atoms with Crippen molar-refractivity contribution in [1.29, 1.82) is 0 Å². The lowest BCUT2D eigenvalue weighted by Gasteiger charge is -2.32. The second-order valence-corrected chi connectivity index (χ2v) is 34.4. The molecule has 0 N–H and O–H groups in total. The van der Waals surface area contributed by atoms with Crippen LogP contribution < -0.4 is 0 Å². The van der Waals surface area contributed by atoms with Crippen molar-refractivity contribution in [3.05, 3.63) is 311 Å². The Morgan fingerprint density at radius 2 is 0.500 bits per heavy atom. The van der Waals surface area contributed by atoms with Crippen LogP contribution in [0.25, 0.3) is 144 Å². The van der Waals surface area contributed by atoms with Crippen LogP contribution >= 0.6 is 11.7 Å². The molecule has 18 rings (SSSR count). The summed E-state index contributed by atoms with van der Waals surface area (Å²) in [6.07, 6.45) is 35.5. The van der Waals surface area contributed by atoms with Gasteiger partial charge >= 0.3 is 0 Å². The molecule has 0 amide bonds. The van der Waals surface area contributed by atoms with E-state index in [1.807, 2.05) is 0 Å². The standard InChI is InChI=1S/C111H112N4S/c1-5-9-13-17-21-27-35-77-43-65-105-97(69-77)98-70-78(36-28-22-18-14-10-6-2)44-66-106(98)114(105)89-57-61-95-96-62-58-90(115-107-67-45-79(37-29-23-19-15-11-7-3)71-99(107)100-72-80(46-68-108(100)115)38-30-24-20-16-12-8-4)76-104(96)111(103(95)75-89)101-73-87(82-41-33-26-34-42-82)55-59-93(101)94-60-56-88(74-102(94)111)84-49-53-86(54-50-84)92-64-63-91(109-110(92)113-116-112-109)85-51-47-83(48-52-85)81-39-31-25-32-40-81/h25-26,31-34,39-76H,5-24,27-30,35-38H2,1-4H3. The Labute approximate surface area is 693 Å². The van der Waals surface area contributed by atoms with Crippen molar-refractivity contribution in [3.63, 3.8) is 0 Å². The highest BCUT2D eigenvalue weighted by molar-refractivity contribution is 7.00. The maximum atomic E-state index is 5.01. The van der Waals surface area contributed by atoms with Gasteiger partial charge < -0.3 is 9.13 Å². The van der Waals surface area contributed by atoms with Gasteiger partial charge in [0.1, 0.15) is 11.0 Å². The predicted molar refractivity (Wildman–Crippen MR) is 498 cm³/mol. The zero-order chi connectivity index (χ0) is 78.3. The first kappa shape index (κ1) is 76.6. The van der Waals surface area contributed by atoms with E-state index in [2.05, 4.69) is 304 Å². The highest BCUT2D eigenvalue weighted by atomic mass is 32.1. The Morgan fingerprint density at radius 1 is 0.233 bits per heavy atom. The third-order valence-corrected chi connectivity index (χ3v) is 26.7. The van der Waals surface area contributed by atoms with Gasteiger partial charge in [0.15, 0.2) is 0 Å². The maximum absolute atomic E-state index is 5.01. The number of benzene rings is 13. The van der Waals surface area contributed by atoms with Gasteiger partial charge in [-0.1, -0.05) is 338 Å². The summed E-state index contributed by atoms with van der Waals surface area (Å²) in [7, 11) is 0. The van der Waals surface area contributed by atoms with Crippen LogP contribution in [-0.4, -0.2) is 17.9 Å². The molecule has 0 saturated heterocycles. The van der Waals surface area contributed by atoms with Gasteiger partial charge in [-0.25, -0.2) is 0 Å². The molecule has 0 radical (unpaired) electrons. The molecule has 3 aromatic heterocycles. The normalized spacial score (nSPS) is 12.7. The summed E-state index contributed by atoms with van der Waals surface area (Å²) < 4.78 is 15.3. The van der Waals surface area contributed by atoms with E-state index in [0.717, 1.165) is 59.0 Å². The molecule has 0 saturated carbocycles. The molecule has 13 aromatic carbocycles. The summed E-state index contributed by atoms with van der Waals surface area (Å²) in [5.74, 6) is 0. The Morgan fingerprint density at radius 3 is 0.845 bits per heavy atom. The van der Waals surface area contributed by atoms with Gasteiger partial charge in [0.2, 0.25) is 0 Å². The van der Waals surface area contributed by atoms with E-state index in [4.69, 9.17) is 8.75 Å². The molecule has 5 heteroatoms. The maximum Gasteiger partial charge on any atom is 0.113 e. The minimum atomic E-state index is -0.754. The fourth-order valence-corrected chi connectivity index (χ4v) is 20.5. The first-order chi connectivity index (χ1) is 57.4. The lowest BCUT2D eigenvalue weighted by atomic mass is 9.69. The van der Waals surface area contributed by atoms with Crippen molar-refractivity contribution in [2.75, 3.05) is 0 Å². The number of aryl methyl sites for hydroxylation is 4. The molecular weight excluding hydrogens is 1420 g/mol. The lowest BCUT2D eigenvalue weighted by molar-refractivity contribution is 0.607. The van der Waals surface area contributed by atoms with Gasteiger partial charge in [0.05, 0.1) is 39.2 Å². The van der Waals surface area contributed by atoms with E-state index in [1.165, 1.54) is 321 Å². The molecule has 582 valence electrons. The highest BCUT2D eigenvalue weighted by Gasteiger charge is 2.52. The van der Waals surface area contributed by atoms with E-state index in [0.29, 0.717) is 0 Å². The third kappa shape index (κ3) is 15.0. The summed E-state index contributed by atoms with van der Waals surface area (Å²) >= 11 is 1.29. The largest absolute Gasteiger partial charge is 0.309 e. The molecule has 3 heterocycles. The van der Waals surface area contributed by atoms with Crippen molar-refractivity contribution in [2.45, 2.75) is 213 Å². The summed E-state index contributed by atoms with van der Waals surface area (Å²) in [5, 5.41) is 5.45. The van der Waals surface area contributed by atoms with Crippen molar-refractivity contribution >= 4 is 66.4 Å². The average molecular weight is 1530 g/mol. The fraction of sp³-hybridized carbons (Fsp3) is 0.297. The Bertz CT molecular complexity index is 5800. The first-order valence-corrected chi connectivity index (χ1v) is 45.4. The minimum Gasteiger partial charge on any atom is -0.309 e. The van der Waals surface area contributed by atoms with Gasteiger partial charge in [-0.2, -0.15) is 8.75 Å². The summed E-state index contributed by atoms with van der Waals surface area (Å²) in [4.78, 5) is 0. The van der Waals surface area contributed by atoms with Crippen molar-refractivity contribution in [3.8, 4) is 89.3 Å². The second kappa shape index (κ2) is 35.0. The van der Waals surface area contributed by atoms with Crippen LogP contribution in [0.15, 0.2) is 267 Å². The minimum absolute atomic E-state index is 0.754. The van der Waals surface area contributed by atoms with Crippen molar-refractivity contribution < 1.29 is 0 Å². The monoisotopic (exact) mass is 1530 g/mol. The van der Waals surface area contributed by atoms with Gasteiger partial charge in [0.25, 0.3) is 0 Å². The third-order valence-electron chi connectivity index (χ3n) is 26.2. The van der Waals surface area contributed by atoms with Crippen molar-refractivity contribution in [2.24, 2.45) is 0 Å². The molecule has 2 aliphatic rings. The SMILES string of the molecule is CCCCCCCCc1ccc2c(c1)c1cc(CCCCCCCC)ccc1n2-c1ccc2c(c1)C1(c3cc(-c4ccccc4)ccc3-c3ccc(-c4ccc(-c5ccc(-c6ccc(-c7ccccc7)cc6)c6nsnc56)cc4)cc31)c1cc(-n3c4ccc(CCCCCCCC)cc4c4cc(CCCCCCCC)ccc43)ccc1-2. The van der Waals surface area contributed by atoms with Crippen LogP contribution in [0.4, 0.5) is 0 Å². The lowest BCUT2D eigenvalue weighted by Crippen LogP contribution is -2.26. The number of aromatic nitrogens is 4. The van der Waals surface area contributed by atoms with E-state index >= 15 is 0 Å². The number of rotatable bonds is 35. The van der Waals surface area contributed by atoms with Crippen LogP contribution in [0.1, 0.15) is 226 Å². The Kier molecular flexibility index (Phi) is 23.1. The fourth-order valence-electron chi connectivity index (χ4n) is 20.0. The van der Waals surface area contributed by atoms with Gasteiger partial charge in [-0.05, 0) is 248 Å². The van der Waals surface area contributed by atoms with E-state index in [9.17, 15) is 0 Å². The predicted octanol–water partition coefficient (Wildman–Crippen LogP) is 32.2. The quantitative estimate of drug-likeness (QED) is 0.0371. The van der Waals surface area contributed by atoms with Crippen LogP contribution in [-0.2, 0) is 31.1 Å². The molecule has 2 aliphatic carbocycles. The molecule has 16 aromatic rings. The number of fused-ring (bicyclic) bond motifs is 17. The van der Waals surface area contributed by atoms with Crippen LogP contribution in [0, 0.1) is 0 Å². The smallest absolute Gasteiger partial charge is 0.113 e. The summed E-state index contributed by atoms with van der Waals surface area (Å²) in [6, 6.07) is 105. The van der Waals surface area contributed by atoms with Crippen molar-refractivity contribution in [1.82, 2.24) is 17.9 Å². The van der Waals surface area contributed by atoms with E-state index < -0.39 is 5.41 Å². The molecule has 4 nitrogen and oxygen atoms in total. The Hall–Kier alpha value is -10.7. The molecular formula is C111H112N4S. The molecule has 0 fully saturated rings. The zero-order valence-corrected chi connectivity index (χ0v) is 69.7. The van der Waals surface area contributed by atoms with E-state index in [-0.39, 0.29) is 0 Å². The molecule has 0 atom stereocenters. The second-order valence-electron chi connectivity index (χ2n) is 33.9. The van der Waals surface area contributed by atoms with E-state index in [1.54, 1.807) is 0 Å². The molecule has 0 bridgehead atoms. The average Bonchev–Trinajstić information content (AvgIpc) is 1.50. The molecule has 0 aliphatic heterocycles. The number of hydrogen-bond donors (Lipinski definition) is 0. The summed E-state index contributed by atoms with van der Waals surface area (Å²) in [6.45, 7) is 9.28. The number of unbranched alkanes of at least 4 members (excludes halogenated alkanes) is 20. The first-order valence-electron chi connectivity index (χ1n) is 44.7. The van der Waals surface area contributed by atoms with Crippen LogP contribution in [0.5, 0.6) is 0 Å². The number of hydrogen-bond acceptors (Lipinski definition) is 3. The highest BCUT2D eigenvalue weighted by Crippen LogP contribution is 2.65. The topological polar surface area (TPSA) is 35.6 Å². The zero-order valence-electron chi connectivity index (χ0n) is 68.9. The molecule has 0 unspecified atom stereocenters. The van der Waals surface area contributed by atoms with Crippen LogP contribution in [0.3, 0.4) is 0 Å². The van der Waals surface area contributed by atoms with Gasteiger partial charge in [-0.3, -0.25) is 0 Å². The van der Waals surface area contributed by atoms with Gasteiger partial charge in [-0.15, -0.1) is 0 Å². The van der Waals surface area contributed by atoms with Gasteiger partial charge in [0, 0.05) is 44.0 Å². The summed E-state index contributed by atoms with van der Waals surface area (Å²) in [5.41, 5.74) is 36.5. The molecule has 116 heavy (non-hydrogen) atoms. The molecule has 1 spiro atoms.